The molecule has 0 aliphatic rings. The monoisotopic (exact) mass is 308 g/mol. The molecule has 0 bridgehead atoms. The van der Waals surface area contributed by atoms with Crippen molar-refractivity contribution in [1.29, 1.82) is 0 Å². The number of urea groups is 1. The van der Waals surface area contributed by atoms with Gasteiger partial charge in [-0.2, -0.15) is 0 Å². The Balaban J connectivity index is 4.70. The van der Waals surface area contributed by atoms with E-state index in [0.29, 0.717) is 0 Å². The van der Waals surface area contributed by atoms with Gasteiger partial charge in [0.15, 0.2) is 9.84 Å². The molecule has 0 aromatic rings. The average Bonchev–Trinajstić information content (AvgIpc) is 2.19. The van der Waals surface area contributed by atoms with Gasteiger partial charge in [-0.15, -0.1) is 0 Å². The quantitative estimate of drug-likeness (QED) is 0.688. The number of carbonyl (C=O) groups is 2. The smallest absolute Gasteiger partial charge is 0.326 e. The number of sulfone groups is 1. The third-order valence-electron chi connectivity index (χ3n) is 3.07. The lowest BCUT2D eigenvalue weighted by molar-refractivity contribution is -0.141. The average molecular weight is 308 g/mol. The number of carboxylic acids is 1. The van der Waals surface area contributed by atoms with E-state index in [1.807, 2.05) is 0 Å². The van der Waals surface area contributed by atoms with Crippen molar-refractivity contribution in [2.75, 3.05) is 12.8 Å². The molecule has 0 spiro atoms. The number of aliphatic carboxylic acids is 1. The van der Waals surface area contributed by atoms with Crippen LogP contribution in [0.15, 0.2) is 0 Å². The van der Waals surface area contributed by atoms with Crippen molar-refractivity contribution < 1.29 is 23.1 Å². The summed E-state index contributed by atoms with van der Waals surface area (Å²) in [7, 11) is -3.33. The number of hydrogen-bond acceptors (Lipinski definition) is 4. The predicted molar refractivity (Wildman–Crippen MR) is 76.3 cm³/mol. The van der Waals surface area contributed by atoms with Gasteiger partial charge in [0.2, 0.25) is 0 Å². The molecule has 0 aromatic heterocycles. The van der Waals surface area contributed by atoms with Crippen LogP contribution in [0.4, 0.5) is 4.79 Å². The second-order valence-electron chi connectivity index (χ2n) is 6.50. The van der Waals surface area contributed by atoms with Gasteiger partial charge in [-0.3, -0.25) is 0 Å². The van der Waals surface area contributed by atoms with E-state index in [1.54, 1.807) is 20.8 Å². The first kappa shape index (κ1) is 18.7. The van der Waals surface area contributed by atoms with Gasteiger partial charge in [-0.25, -0.2) is 18.0 Å². The van der Waals surface area contributed by atoms with E-state index in [9.17, 15) is 18.0 Å². The third kappa shape index (κ3) is 5.36. The standard InChI is InChI=1S/C12H24N2O5S/c1-11(2,3)8(9(15)16)14-10(17)13-7-12(4,5)20(6,18)19/h8H,7H2,1-6H3,(H,15,16)(H2,13,14,17)/t8-/m1/s1. The minimum absolute atomic E-state index is 0.103. The fourth-order valence-corrected chi connectivity index (χ4v) is 1.59. The van der Waals surface area contributed by atoms with Gasteiger partial charge in [0.25, 0.3) is 0 Å². The molecule has 1 atom stereocenters. The fourth-order valence-electron chi connectivity index (χ4n) is 1.26. The second-order valence-corrected chi connectivity index (χ2v) is 9.15. The van der Waals surface area contributed by atoms with Gasteiger partial charge in [-0.1, -0.05) is 20.8 Å². The van der Waals surface area contributed by atoms with Crippen LogP contribution in [0.2, 0.25) is 0 Å². The lowest BCUT2D eigenvalue weighted by Crippen LogP contribution is -2.54. The van der Waals surface area contributed by atoms with Crippen LogP contribution in [0, 0.1) is 5.41 Å². The molecule has 3 N–H and O–H groups in total. The Kier molecular flexibility index (Phi) is 5.59. The minimum atomic E-state index is -3.33. The van der Waals surface area contributed by atoms with E-state index in [2.05, 4.69) is 10.6 Å². The van der Waals surface area contributed by atoms with Gasteiger partial charge in [0.1, 0.15) is 6.04 Å². The first-order chi connectivity index (χ1) is 8.68. The summed E-state index contributed by atoms with van der Waals surface area (Å²) in [5.41, 5.74) is -0.657. The molecule has 0 aromatic carbocycles. The highest BCUT2D eigenvalue weighted by atomic mass is 32.2. The number of hydrogen-bond donors (Lipinski definition) is 3. The molecule has 0 saturated heterocycles. The second kappa shape index (κ2) is 5.99. The van der Waals surface area contributed by atoms with Crippen molar-refractivity contribution in [3.8, 4) is 0 Å². The van der Waals surface area contributed by atoms with Crippen molar-refractivity contribution in [1.82, 2.24) is 10.6 Å². The molecule has 0 radical (unpaired) electrons. The maximum Gasteiger partial charge on any atom is 0.326 e. The van der Waals surface area contributed by atoms with Crippen molar-refractivity contribution in [3.63, 3.8) is 0 Å². The zero-order valence-corrected chi connectivity index (χ0v) is 13.6. The molecular formula is C12H24N2O5S. The SMILES string of the molecule is CC(C)(C)[C@H](NC(=O)NCC(C)(C)S(C)(=O)=O)C(=O)O. The fraction of sp³-hybridized carbons (Fsp3) is 0.833. The Bertz CT molecular complexity index is 477. The van der Waals surface area contributed by atoms with E-state index < -0.39 is 38.0 Å². The molecule has 0 unspecified atom stereocenters. The Morgan fingerprint density at radius 3 is 1.90 bits per heavy atom. The first-order valence-corrected chi connectivity index (χ1v) is 8.04. The number of carbonyl (C=O) groups excluding carboxylic acids is 1. The number of rotatable bonds is 5. The molecule has 20 heavy (non-hydrogen) atoms. The van der Waals surface area contributed by atoms with Gasteiger partial charge >= 0.3 is 12.0 Å². The van der Waals surface area contributed by atoms with Crippen LogP contribution >= 0.6 is 0 Å². The zero-order chi connectivity index (χ0) is 16.4. The van der Waals surface area contributed by atoms with E-state index in [-0.39, 0.29) is 6.54 Å². The van der Waals surface area contributed by atoms with E-state index >= 15 is 0 Å². The van der Waals surface area contributed by atoms with Crippen LogP contribution in [-0.2, 0) is 14.6 Å². The molecule has 8 heteroatoms. The summed E-state index contributed by atoms with van der Waals surface area (Å²) in [6.45, 7) is 7.93. The van der Waals surface area contributed by atoms with Crippen molar-refractivity contribution in [3.05, 3.63) is 0 Å². The van der Waals surface area contributed by atoms with Gasteiger partial charge in [0.05, 0.1) is 4.75 Å². The Morgan fingerprint density at radius 1 is 1.15 bits per heavy atom. The summed E-state index contributed by atoms with van der Waals surface area (Å²) in [6.07, 6.45) is 1.09. The lowest BCUT2D eigenvalue weighted by Gasteiger charge is -2.29. The maximum absolute atomic E-state index is 11.7. The van der Waals surface area contributed by atoms with Gasteiger partial charge < -0.3 is 15.7 Å². The number of carboxylic acid groups (broad SMARTS) is 1. The topological polar surface area (TPSA) is 113 Å². The highest BCUT2D eigenvalue weighted by Crippen LogP contribution is 2.19. The molecule has 0 aliphatic carbocycles. The maximum atomic E-state index is 11.7. The zero-order valence-electron chi connectivity index (χ0n) is 12.8. The Hall–Kier alpha value is -1.31. The van der Waals surface area contributed by atoms with Gasteiger partial charge in [0, 0.05) is 12.8 Å². The Morgan fingerprint density at radius 2 is 1.60 bits per heavy atom. The molecule has 0 rings (SSSR count). The summed E-state index contributed by atoms with van der Waals surface area (Å²) < 4.78 is 21.9. The highest BCUT2D eigenvalue weighted by Gasteiger charge is 2.34. The Labute approximate surface area is 120 Å². The van der Waals surface area contributed by atoms with Crippen LogP contribution in [0.1, 0.15) is 34.6 Å². The summed E-state index contributed by atoms with van der Waals surface area (Å²) in [6, 6.07) is -1.77. The predicted octanol–water partition coefficient (Wildman–Crippen LogP) is 0.608. The molecule has 2 amide bonds. The molecule has 118 valence electrons. The summed E-state index contributed by atoms with van der Waals surface area (Å²) in [5.74, 6) is -1.14. The number of amides is 2. The van der Waals surface area contributed by atoms with E-state index in [0.717, 1.165) is 6.26 Å². The van der Waals surface area contributed by atoms with Crippen LogP contribution in [0.25, 0.3) is 0 Å². The highest BCUT2D eigenvalue weighted by molar-refractivity contribution is 7.92. The molecular weight excluding hydrogens is 284 g/mol. The van der Waals surface area contributed by atoms with Crippen LogP contribution in [-0.4, -0.2) is 49.1 Å². The van der Waals surface area contributed by atoms with E-state index in [1.165, 1.54) is 13.8 Å². The molecule has 0 heterocycles. The van der Waals surface area contributed by atoms with Crippen molar-refractivity contribution >= 4 is 21.8 Å². The van der Waals surface area contributed by atoms with Crippen LogP contribution < -0.4 is 10.6 Å². The molecule has 0 fully saturated rings. The molecule has 0 saturated carbocycles. The van der Waals surface area contributed by atoms with Crippen molar-refractivity contribution in [2.24, 2.45) is 5.41 Å². The summed E-state index contributed by atoms with van der Waals surface area (Å²) in [4.78, 5) is 22.8. The molecule has 0 aliphatic heterocycles. The third-order valence-corrected chi connectivity index (χ3v) is 5.22. The first-order valence-electron chi connectivity index (χ1n) is 6.15. The van der Waals surface area contributed by atoms with E-state index in [4.69, 9.17) is 5.11 Å². The largest absolute Gasteiger partial charge is 0.480 e. The van der Waals surface area contributed by atoms with Crippen LogP contribution in [0.5, 0.6) is 0 Å². The summed E-state index contributed by atoms with van der Waals surface area (Å²) in [5, 5.41) is 13.8. The number of nitrogens with one attached hydrogen (secondary N) is 2. The normalized spacial score (nSPS) is 14.5. The molecule has 7 nitrogen and oxygen atoms in total. The minimum Gasteiger partial charge on any atom is -0.480 e. The lowest BCUT2D eigenvalue weighted by atomic mass is 9.87. The summed E-state index contributed by atoms with van der Waals surface area (Å²) >= 11 is 0. The van der Waals surface area contributed by atoms with Crippen LogP contribution in [0.3, 0.4) is 0 Å². The van der Waals surface area contributed by atoms with Gasteiger partial charge in [-0.05, 0) is 19.3 Å². The van der Waals surface area contributed by atoms with Crippen molar-refractivity contribution in [2.45, 2.75) is 45.4 Å².